The van der Waals surface area contributed by atoms with E-state index in [0.717, 1.165) is 0 Å². The molecule has 0 aliphatic carbocycles. The molecule has 4 nitrogen and oxygen atoms in total. The maximum absolute atomic E-state index is 9.90. The fourth-order valence-corrected chi connectivity index (χ4v) is 0.283. The average Bonchev–Trinajstić information content (AvgIpc) is 1.62. The molecule has 0 bridgehead atoms. The standard InChI is InChI=1S/C3H7O4S/c1-3(2-4)8(5,6)7/h3-4H,1-2H2,(H,5,6,7). The zero-order valence-corrected chi connectivity index (χ0v) is 4.93. The lowest BCUT2D eigenvalue weighted by Crippen LogP contribution is -2.20. The molecule has 0 rings (SSSR count). The van der Waals surface area contributed by atoms with Crippen molar-refractivity contribution in [2.45, 2.75) is 5.25 Å². The van der Waals surface area contributed by atoms with Gasteiger partial charge in [0, 0.05) is 0 Å². The first-order chi connectivity index (χ1) is 3.48. The van der Waals surface area contributed by atoms with E-state index in [0.29, 0.717) is 0 Å². The first-order valence-corrected chi connectivity index (χ1v) is 3.39. The highest BCUT2D eigenvalue weighted by atomic mass is 32.2. The molecule has 0 aromatic rings. The molecule has 0 aromatic carbocycles. The average molecular weight is 139 g/mol. The normalized spacial score (nSPS) is 15.9. The fraction of sp³-hybridized carbons (Fsp3) is 0.667. The summed E-state index contributed by atoms with van der Waals surface area (Å²) < 4.78 is 27.8. The van der Waals surface area contributed by atoms with E-state index in [4.69, 9.17) is 9.66 Å². The summed E-state index contributed by atoms with van der Waals surface area (Å²) in [5, 5.41) is 6.75. The Bertz CT molecular complexity index is 147. The zero-order chi connectivity index (χ0) is 6.78. The summed E-state index contributed by atoms with van der Waals surface area (Å²) in [6, 6.07) is 0. The van der Waals surface area contributed by atoms with Gasteiger partial charge in [0.1, 0.15) is 5.25 Å². The quantitative estimate of drug-likeness (QED) is 0.485. The van der Waals surface area contributed by atoms with Crippen molar-refractivity contribution in [3.63, 3.8) is 0 Å². The van der Waals surface area contributed by atoms with Gasteiger partial charge in [-0.2, -0.15) is 8.42 Å². The van der Waals surface area contributed by atoms with Crippen LogP contribution in [0, 0.1) is 6.92 Å². The molecule has 5 heteroatoms. The summed E-state index contributed by atoms with van der Waals surface area (Å²) in [5.41, 5.74) is 0. The second-order valence-electron chi connectivity index (χ2n) is 1.32. The number of hydrogen-bond donors (Lipinski definition) is 2. The van der Waals surface area contributed by atoms with Crippen molar-refractivity contribution in [1.29, 1.82) is 0 Å². The molecule has 1 atom stereocenters. The molecule has 0 amide bonds. The zero-order valence-electron chi connectivity index (χ0n) is 4.11. The Labute approximate surface area is 47.9 Å². The van der Waals surface area contributed by atoms with Gasteiger partial charge in [-0.1, -0.05) is 0 Å². The van der Waals surface area contributed by atoms with Gasteiger partial charge in [0.05, 0.1) is 6.61 Å². The monoisotopic (exact) mass is 139 g/mol. The van der Waals surface area contributed by atoms with Crippen LogP contribution >= 0.6 is 0 Å². The summed E-state index contributed by atoms with van der Waals surface area (Å²) in [5.74, 6) is 0. The molecule has 0 saturated carbocycles. The van der Waals surface area contributed by atoms with Crippen LogP contribution in [0.3, 0.4) is 0 Å². The Morgan fingerprint density at radius 3 is 2.00 bits per heavy atom. The van der Waals surface area contributed by atoms with Crippen molar-refractivity contribution in [3.05, 3.63) is 6.92 Å². The topological polar surface area (TPSA) is 74.6 Å². The molecular formula is C3H7O4S. The largest absolute Gasteiger partial charge is 0.395 e. The molecule has 0 spiro atoms. The Kier molecular flexibility index (Phi) is 2.39. The maximum atomic E-state index is 9.90. The van der Waals surface area contributed by atoms with Gasteiger partial charge in [-0.25, -0.2) is 0 Å². The highest BCUT2D eigenvalue weighted by Crippen LogP contribution is 1.92. The summed E-state index contributed by atoms with van der Waals surface area (Å²) in [4.78, 5) is 0. The highest BCUT2D eigenvalue weighted by Gasteiger charge is 2.14. The summed E-state index contributed by atoms with van der Waals surface area (Å²) in [6.45, 7) is 2.29. The molecule has 0 heterocycles. The van der Waals surface area contributed by atoms with Gasteiger partial charge in [-0.15, -0.1) is 0 Å². The van der Waals surface area contributed by atoms with Gasteiger partial charge in [-0.3, -0.25) is 4.55 Å². The lowest BCUT2D eigenvalue weighted by Gasteiger charge is -1.99. The van der Waals surface area contributed by atoms with Gasteiger partial charge in [0.2, 0.25) is 0 Å². The predicted molar refractivity (Wildman–Crippen MR) is 27.8 cm³/mol. The van der Waals surface area contributed by atoms with Crippen molar-refractivity contribution < 1.29 is 18.1 Å². The van der Waals surface area contributed by atoms with Gasteiger partial charge in [-0.05, 0) is 6.92 Å². The summed E-state index contributed by atoms with van der Waals surface area (Å²) >= 11 is 0. The first kappa shape index (κ1) is 7.87. The van der Waals surface area contributed by atoms with Gasteiger partial charge in [0.15, 0.2) is 0 Å². The molecule has 0 aromatic heterocycles. The van der Waals surface area contributed by atoms with E-state index in [9.17, 15) is 8.42 Å². The Hall–Kier alpha value is -0.130. The molecule has 8 heavy (non-hydrogen) atoms. The molecule has 1 unspecified atom stereocenters. The van der Waals surface area contributed by atoms with E-state index in [1.165, 1.54) is 0 Å². The first-order valence-electron chi connectivity index (χ1n) is 1.88. The van der Waals surface area contributed by atoms with E-state index in [2.05, 4.69) is 6.92 Å². The molecule has 1 radical (unpaired) electrons. The van der Waals surface area contributed by atoms with Crippen molar-refractivity contribution in [1.82, 2.24) is 0 Å². The van der Waals surface area contributed by atoms with Crippen molar-refractivity contribution in [3.8, 4) is 0 Å². The van der Waals surface area contributed by atoms with Crippen LogP contribution < -0.4 is 0 Å². The van der Waals surface area contributed by atoms with E-state index < -0.39 is 22.0 Å². The maximum Gasteiger partial charge on any atom is 0.270 e. The van der Waals surface area contributed by atoms with Gasteiger partial charge >= 0.3 is 0 Å². The molecular weight excluding hydrogens is 132 g/mol. The third-order valence-corrected chi connectivity index (χ3v) is 1.62. The minimum Gasteiger partial charge on any atom is -0.395 e. The SMILES string of the molecule is [CH2]C(CO)S(=O)(=O)O. The lowest BCUT2D eigenvalue weighted by molar-refractivity contribution is 0.296. The molecule has 2 N–H and O–H groups in total. The summed E-state index contributed by atoms with van der Waals surface area (Å²) in [6.07, 6.45) is 0. The Balaban J connectivity index is 4.04. The van der Waals surface area contributed by atoms with Crippen LogP contribution in [0.4, 0.5) is 0 Å². The molecule has 0 saturated heterocycles. The molecule has 0 aliphatic heterocycles. The fourth-order valence-electron chi connectivity index (χ4n) is 0.0942. The van der Waals surface area contributed by atoms with Crippen molar-refractivity contribution >= 4 is 10.1 Å². The van der Waals surface area contributed by atoms with Crippen LogP contribution in [-0.4, -0.2) is 29.9 Å². The van der Waals surface area contributed by atoms with Crippen LogP contribution in [0.25, 0.3) is 0 Å². The minimum absolute atomic E-state index is 0.654. The number of rotatable bonds is 2. The van der Waals surface area contributed by atoms with Crippen LogP contribution in [0.1, 0.15) is 0 Å². The van der Waals surface area contributed by atoms with Gasteiger partial charge in [0.25, 0.3) is 10.1 Å². The lowest BCUT2D eigenvalue weighted by atomic mass is 10.5. The smallest absolute Gasteiger partial charge is 0.270 e. The van der Waals surface area contributed by atoms with E-state index in [1.807, 2.05) is 0 Å². The third kappa shape index (κ3) is 2.25. The van der Waals surface area contributed by atoms with Crippen molar-refractivity contribution in [2.24, 2.45) is 0 Å². The Morgan fingerprint density at radius 1 is 1.62 bits per heavy atom. The van der Waals surface area contributed by atoms with Crippen molar-refractivity contribution in [2.75, 3.05) is 6.61 Å². The van der Waals surface area contributed by atoms with E-state index in [-0.39, 0.29) is 0 Å². The minimum atomic E-state index is -4.11. The number of hydrogen-bond acceptors (Lipinski definition) is 3. The van der Waals surface area contributed by atoms with Gasteiger partial charge < -0.3 is 5.11 Å². The van der Waals surface area contributed by atoms with E-state index >= 15 is 0 Å². The highest BCUT2D eigenvalue weighted by molar-refractivity contribution is 7.86. The number of aliphatic hydroxyl groups excluding tert-OH is 1. The van der Waals surface area contributed by atoms with Crippen LogP contribution in [0.5, 0.6) is 0 Å². The Morgan fingerprint density at radius 2 is 2.00 bits per heavy atom. The molecule has 0 fully saturated rings. The molecule has 0 aliphatic rings. The van der Waals surface area contributed by atoms with Crippen LogP contribution in [0.2, 0.25) is 0 Å². The van der Waals surface area contributed by atoms with Crippen LogP contribution in [-0.2, 0) is 10.1 Å². The summed E-state index contributed by atoms with van der Waals surface area (Å²) in [7, 11) is -4.11. The van der Waals surface area contributed by atoms with Crippen LogP contribution in [0.15, 0.2) is 0 Å². The third-order valence-electron chi connectivity index (χ3n) is 0.625. The second kappa shape index (κ2) is 2.43. The second-order valence-corrected chi connectivity index (χ2v) is 3.02. The molecule has 49 valence electrons. The number of aliphatic hydroxyl groups is 1. The van der Waals surface area contributed by atoms with E-state index in [1.54, 1.807) is 0 Å². The predicted octanol–water partition coefficient (Wildman–Crippen LogP) is -0.931.